The summed E-state index contributed by atoms with van der Waals surface area (Å²) in [6, 6.07) is 7.47. The molecule has 4 unspecified atom stereocenters. The number of amides is 1. The van der Waals surface area contributed by atoms with E-state index in [9.17, 15) is 4.79 Å². The number of allylic oxidation sites excluding steroid dienone is 1. The number of aromatic amines is 1. The topological polar surface area (TPSA) is 96.7 Å². The lowest BCUT2D eigenvalue weighted by Crippen LogP contribution is -2.41. The molecule has 1 fully saturated rings. The van der Waals surface area contributed by atoms with E-state index in [-0.39, 0.29) is 29.7 Å². The number of imidazole rings is 1. The number of benzene rings is 1. The predicted molar refractivity (Wildman–Crippen MR) is 113 cm³/mol. The van der Waals surface area contributed by atoms with Crippen LogP contribution < -0.4 is 11.1 Å². The number of nitrogens with one attached hydrogen (secondary N) is 2. The third-order valence-electron chi connectivity index (χ3n) is 5.70. The molecule has 0 aliphatic heterocycles. The normalized spacial score (nSPS) is 25.5. The summed E-state index contributed by atoms with van der Waals surface area (Å²) in [5.74, 6) is 0.641. The molecule has 1 aromatic carbocycles. The molecule has 4 N–H and O–H groups in total. The van der Waals surface area contributed by atoms with Crippen molar-refractivity contribution in [2.45, 2.75) is 12.5 Å². The minimum atomic E-state index is -0.267. The first-order chi connectivity index (χ1) is 13.5. The number of rotatable bonds is 4. The molecule has 6 nitrogen and oxygen atoms in total. The Hall–Kier alpha value is -2.38. The molecule has 1 amide bonds. The van der Waals surface area contributed by atoms with E-state index in [0.29, 0.717) is 16.5 Å². The number of hydrogen-bond acceptors (Lipinski definition) is 4. The number of carbonyl (C=O) groups excluding carboxylic acids is 1. The van der Waals surface area contributed by atoms with Crippen LogP contribution in [-0.2, 0) is 4.79 Å². The number of nitrogens with zero attached hydrogens (tertiary/aromatic N) is 2. The summed E-state index contributed by atoms with van der Waals surface area (Å²) in [4.78, 5) is 24.4. The van der Waals surface area contributed by atoms with Gasteiger partial charge in [0, 0.05) is 17.8 Å². The van der Waals surface area contributed by atoms with Crippen molar-refractivity contribution in [3.05, 3.63) is 52.1 Å². The van der Waals surface area contributed by atoms with Gasteiger partial charge in [-0.2, -0.15) is 0 Å². The highest BCUT2D eigenvalue weighted by molar-refractivity contribution is 9.10. The molecular formula is C20H17BrClN5O. The summed E-state index contributed by atoms with van der Waals surface area (Å²) in [5.41, 5.74) is 8.68. The molecule has 0 saturated heterocycles. The van der Waals surface area contributed by atoms with Crippen molar-refractivity contribution in [1.29, 1.82) is 0 Å². The Balaban J connectivity index is 1.58. The number of H-pyrrole nitrogens is 1. The Morgan fingerprint density at radius 3 is 2.86 bits per heavy atom. The van der Waals surface area contributed by atoms with Gasteiger partial charge < -0.3 is 16.0 Å². The van der Waals surface area contributed by atoms with Gasteiger partial charge in [0.1, 0.15) is 11.3 Å². The molecular weight excluding hydrogens is 442 g/mol. The number of fused-ring (bicyclic) bond motifs is 3. The van der Waals surface area contributed by atoms with Crippen LogP contribution in [0.2, 0.25) is 5.02 Å². The third kappa shape index (κ3) is 2.72. The second-order valence-corrected chi connectivity index (χ2v) is 8.55. The SMILES string of the molecule is NC(=O)C1C2C=CC(C2)C1Nc1c(Br)cnc2nc(-c3ccccc3Cl)[nH]c12. The van der Waals surface area contributed by atoms with Gasteiger partial charge in [-0.1, -0.05) is 35.9 Å². The van der Waals surface area contributed by atoms with Gasteiger partial charge in [-0.05, 0) is 46.3 Å². The molecule has 5 rings (SSSR count). The van der Waals surface area contributed by atoms with Gasteiger partial charge >= 0.3 is 0 Å². The van der Waals surface area contributed by atoms with Crippen LogP contribution in [0.1, 0.15) is 6.42 Å². The highest BCUT2D eigenvalue weighted by Crippen LogP contribution is 2.46. The van der Waals surface area contributed by atoms with E-state index in [1.807, 2.05) is 24.3 Å². The lowest BCUT2D eigenvalue weighted by molar-refractivity contribution is -0.122. The zero-order chi connectivity index (χ0) is 19.4. The van der Waals surface area contributed by atoms with Crippen molar-refractivity contribution in [1.82, 2.24) is 15.0 Å². The van der Waals surface area contributed by atoms with Crippen molar-refractivity contribution in [2.75, 3.05) is 5.32 Å². The molecule has 142 valence electrons. The Morgan fingerprint density at radius 2 is 2.07 bits per heavy atom. The average Bonchev–Trinajstić information content (AvgIpc) is 3.38. The molecule has 0 radical (unpaired) electrons. The summed E-state index contributed by atoms with van der Waals surface area (Å²) in [7, 11) is 0. The van der Waals surface area contributed by atoms with Crippen LogP contribution in [0.4, 0.5) is 5.69 Å². The third-order valence-corrected chi connectivity index (χ3v) is 6.63. The molecule has 0 spiro atoms. The Morgan fingerprint density at radius 1 is 1.29 bits per heavy atom. The number of carbonyl (C=O) groups is 1. The quantitative estimate of drug-likeness (QED) is 0.512. The maximum atomic E-state index is 12.1. The van der Waals surface area contributed by atoms with Crippen molar-refractivity contribution in [3.8, 4) is 11.4 Å². The smallest absolute Gasteiger partial charge is 0.223 e. The van der Waals surface area contributed by atoms with E-state index in [0.717, 1.165) is 27.7 Å². The first-order valence-electron chi connectivity index (χ1n) is 9.06. The highest BCUT2D eigenvalue weighted by atomic mass is 79.9. The fourth-order valence-corrected chi connectivity index (χ4v) is 5.07. The Kier molecular flexibility index (Phi) is 4.17. The van der Waals surface area contributed by atoms with Crippen molar-refractivity contribution < 1.29 is 4.79 Å². The van der Waals surface area contributed by atoms with Gasteiger partial charge in [-0.15, -0.1) is 0 Å². The molecule has 4 atom stereocenters. The lowest BCUT2D eigenvalue weighted by atomic mass is 9.88. The number of primary amides is 1. The second-order valence-electron chi connectivity index (χ2n) is 7.29. The Bertz CT molecular complexity index is 1130. The summed E-state index contributed by atoms with van der Waals surface area (Å²) in [5, 5.41) is 4.16. The zero-order valence-electron chi connectivity index (χ0n) is 14.7. The van der Waals surface area contributed by atoms with Gasteiger partial charge in [0.2, 0.25) is 5.91 Å². The summed E-state index contributed by atoms with van der Waals surface area (Å²) in [6.07, 6.45) is 6.95. The van der Waals surface area contributed by atoms with E-state index < -0.39 is 0 Å². The number of nitrogens with two attached hydrogens (primary N) is 1. The standard InChI is InChI=1S/C20H17BrClN5O/c21-12-8-24-20-17(26-19(27-20)11-3-1-2-4-13(11)22)16(12)25-15-10-6-5-9(7-10)14(15)18(23)28/h1-6,8-10,14-15H,7H2,(H2,23,28)(H2,24,25,26,27). The first-order valence-corrected chi connectivity index (χ1v) is 10.2. The molecule has 1 saturated carbocycles. The maximum absolute atomic E-state index is 12.1. The van der Waals surface area contributed by atoms with Gasteiger partial charge in [0.25, 0.3) is 0 Å². The van der Waals surface area contributed by atoms with E-state index in [4.69, 9.17) is 17.3 Å². The largest absolute Gasteiger partial charge is 0.378 e. The van der Waals surface area contributed by atoms with E-state index in [1.54, 1.807) is 6.20 Å². The molecule has 2 aliphatic rings. The number of halogens is 2. The second kappa shape index (κ2) is 6.60. The summed E-state index contributed by atoms with van der Waals surface area (Å²) in [6.45, 7) is 0. The Labute approximate surface area is 174 Å². The lowest BCUT2D eigenvalue weighted by Gasteiger charge is -2.28. The van der Waals surface area contributed by atoms with Crippen LogP contribution in [0.3, 0.4) is 0 Å². The van der Waals surface area contributed by atoms with Crippen LogP contribution in [-0.4, -0.2) is 26.9 Å². The fraction of sp³-hybridized carbons (Fsp3) is 0.250. The summed E-state index contributed by atoms with van der Waals surface area (Å²) >= 11 is 9.91. The minimum Gasteiger partial charge on any atom is -0.378 e. The first kappa shape index (κ1) is 17.7. The minimum absolute atomic E-state index is 0.0542. The van der Waals surface area contributed by atoms with Gasteiger partial charge in [-0.3, -0.25) is 4.79 Å². The van der Waals surface area contributed by atoms with Crippen molar-refractivity contribution >= 4 is 50.3 Å². The number of anilines is 1. The highest BCUT2D eigenvalue weighted by Gasteiger charge is 2.47. The van der Waals surface area contributed by atoms with Gasteiger partial charge in [-0.25, -0.2) is 9.97 Å². The van der Waals surface area contributed by atoms with Crippen LogP contribution in [0, 0.1) is 17.8 Å². The zero-order valence-corrected chi connectivity index (χ0v) is 17.0. The molecule has 8 heteroatoms. The van der Waals surface area contributed by atoms with E-state index in [1.165, 1.54) is 0 Å². The van der Waals surface area contributed by atoms with Crippen molar-refractivity contribution in [2.24, 2.45) is 23.5 Å². The predicted octanol–water partition coefficient (Wildman–Crippen LogP) is 4.13. The summed E-state index contributed by atoms with van der Waals surface area (Å²) < 4.78 is 0.796. The number of pyridine rings is 1. The van der Waals surface area contributed by atoms with Gasteiger partial charge in [0.15, 0.2) is 5.65 Å². The molecule has 3 aromatic rings. The number of aromatic nitrogens is 3. The molecule has 2 bridgehead atoms. The fourth-order valence-electron chi connectivity index (χ4n) is 4.43. The van der Waals surface area contributed by atoms with Crippen LogP contribution in [0.15, 0.2) is 47.1 Å². The number of hydrogen-bond donors (Lipinski definition) is 3. The maximum Gasteiger partial charge on any atom is 0.223 e. The average molecular weight is 459 g/mol. The van der Waals surface area contributed by atoms with Crippen LogP contribution in [0.25, 0.3) is 22.6 Å². The van der Waals surface area contributed by atoms with Crippen LogP contribution >= 0.6 is 27.5 Å². The van der Waals surface area contributed by atoms with E-state index >= 15 is 0 Å². The van der Waals surface area contributed by atoms with E-state index in [2.05, 4.69) is 48.4 Å². The molecule has 28 heavy (non-hydrogen) atoms. The van der Waals surface area contributed by atoms with Crippen LogP contribution in [0.5, 0.6) is 0 Å². The van der Waals surface area contributed by atoms with Crippen molar-refractivity contribution in [3.63, 3.8) is 0 Å². The monoisotopic (exact) mass is 457 g/mol. The molecule has 2 aliphatic carbocycles. The van der Waals surface area contributed by atoms with Gasteiger partial charge in [0.05, 0.1) is 21.1 Å². The molecule has 2 heterocycles. The molecule has 2 aromatic heterocycles.